The molecule has 0 unspecified atom stereocenters. The Bertz CT molecular complexity index is 963. The number of carbonyl (C=O) groups is 2. The summed E-state index contributed by atoms with van der Waals surface area (Å²) in [5.41, 5.74) is 2.46. The molecule has 0 aromatic heterocycles. The Morgan fingerprint density at radius 2 is 1.83 bits per heavy atom. The van der Waals surface area contributed by atoms with Crippen LogP contribution in [0.4, 0.5) is 0 Å². The molecule has 30 heavy (non-hydrogen) atoms. The highest BCUT2D eigenvalue weighted by atomic mass is 16.5. The lowest BCUT2D eigenvalue weighted by Gasteiger charge is -2.25. The number of rotatable bonds is 7. The molecule has 1 saturated heterocycles. The highest BCUT2D eigenvalue weighted by Gasteiger charge is 2.45. The first kappa shape index (κ1) is 21.6. The first-order valence-corrected chi connectivity index (χ1v) is 10.1. The van der Waals surface area contributed by atoms with E-state index in [1.807, 2.05) is 45.3 Å². The number of Topliss-reactive ketones (excluding diaryl/α,β-unsaturated/α-hetero) is 1. The average Bonchev–Trinajstić information content (AvgIpc) is 2.98. The maximum absolute atomic E-state index is 13.0. The van der Waals surface area contributed by atoms with E-state index in [9.17, 15) is 14.7 Å². The van der Waals surface area contributed by atoms with E-state index < -0.39 is 17.7 Å². The number of likely N-dealkylation sites (tertiary alicyclic amines) is 1. The third-order valence-corrected chi connectivity index (χ3v) is 5.35. The zero-order valence-electron chi connectivity index (χ0n) is 17.9. The molecule has 0 aliphatic carbocycles. The van der Waals surface area contributed by atoms with Gasteiger partial charge in [0.05, 0.1) is 39.4 Å². The van der Waals surface area contributed by atoms with Gasteiger partial charge in [-0.3, -0.25) is 9.59 Å². The molecule has 2 N–H and O–H groups in total. The van der Waals surface area contributed by atoms with E-state index in [-0.39, 0.29) is 11.3 Å². The number of aliphatic hydroxyl groups is 1. The second-order valence-corrected chi connectivity index (χ2v) is 7.95. The van der Waals surface area contributed by atoms with Gasteiger partial charge in [-0.05, 0) is 24.6 Å². The zero-order valence-corrected chi connectivity index (χ0v) is 17.9. The summed E-state index contributed by atoms with van der Waals surface area (Å²) in [7, 11) is 5.64. The number of amides is 1. The Morgan fingerprint density at radius 3 is 2.47 bits per heavy atom. The van der Waals surface area contributed by atoms with Crippen LogP contribution in [-0.4, -0.2) is 56.0 Å². The number of nitrogens with one attached hydrogen (secondary N) is 1. The van der Waals surface area contributed by atoms with Crippen LogP contribution in [0.3, 0.4) is 0 Å². The maximum atomic E-state index is 13.0. The van der Waals surface area contributed by atoms with E-state index in [2.05, 4.69) is 0 Å². The summed E-state index contributed by atoms with van der Waals surface area (Å²) in [4.78, 5) is 28.7. The van der Waals surface area contributed by atoms with Gasteiger partial charge in [0.15, 0.2) is 0 Å². The highest BCUT2D eigenvalue weighted by Crippen LogP contribution is 2.39. The van der Waals surface area contributed by atoms with E-state index >= 15 is 0 Å². The lowest BCUT2D eigenvalue weighted by molar-refractivity contribution is -0.858. The molecule has 1 fully saturated rings. The number of hydrogen-bond acceptors (Lipinski definition) is 4. The molecule has 2 aromatic carbocycles. The molecule has 1 atom stereocenters. The minimum Gasteiger partial charge on any atom is -0.507 e. The van der Waals surface area contributed by atoms with E-state index in [0.717, 1.165) is 24.1 Å². The minimum atomic E-state index is -0.655. The number of quaternary nitrogens is 1. The van der Waals surface area contributed by atoms with Crippen molar-refractivity contribution in [3.05, 3.63) is 70.8 Å². The maximum Gasteiger partial charge on any atom is 0.295 e. The number of ether oxygens (including phenoxy) is 1. The van der Waals surface area contributed by atoms with Gasteiger partial charge in [0.2, 0.25) is 0 Å². The van der Waals surface area contributed by atoms with Crippen molar-refractivity contribution in [3.8, 4) is 5.75 Å². The molecule has 1 amide bonds. The van der Waals surface area contributed by atoms with Gasteiger partial charge < -0.3 is 19.6 Å². The molecule has 0 radical (unpaired) electrons. The van der Waals surface area contributed by atoms with Crippen LogP contribution < -0.4 is 9.64 Å². The fourth-order valence-electron chi connectivity index (χ4n) is 3.73. The molecular weight excluding hydrogens is 380 g/mol. The topological polar surface area (TPSA) is 71.3 Å². The van der Waals surface area contributed by atoms with Gasteiger partial charge in [-0.1, -0.05) is 42.0 Å². The third-order valence-electron chi connectivity index (χ3n) is 5.35. The Labute approximate surface area is 177 Å². The minimum absolute atomic E-state index is 0.120. The van der Waals surface area contributed by atoms with Gasteiger partial charge in [-0.2, -0.15) is 0 Å². The van der Waals surface area contributed by atoms with Crippen LogP contribution in [0.5, 0.6) is 5.75 Å². The van der Waals surface area contributed by atoms with Gasteiger partial charge in [0.1, 0.15) is 11.5 Å². The van der Waals surface area contributed by atoms with Crippen LogP contribution in [0.15, 0.2) is 54.1 Å². The van der Waals surface area contributed by atoms with Crippen molar-refractivity contribution in [2.24, 2.45) is 0 Å². The predicted octanol–water partition coefficient (Wildman–Crippen LogP) is 1.96. The summed E-state index contributed by atoms with van der Waals surface area (Å²) in [5.74, 6) is -0.843. The Kier molecular flexibility index (Phi) is 6.57. The average molecular weight is 410 g/mol. The van der Waals surface area contributed by atoms with Gasteiger partial charge in [-0.25, -0.2) is 0 Å². The molecule has 0 spiro atoms. The van der Waals surface area contributed by atoms with E-state index in [4.69, 9.17) is 4.74 Å². The summed E-state index contributed by atoms with van der Waals surface area (Å²) in [6, 6.07) is 14.0. The van der Waals surface area contributed by atoms with Gasteiger partial charge >= 0.3 is 0 Å². The summed E-state index contributed by atoms with van der Waals surface area (Å²) in [6.07, 6.45) is 0.761. The van der Waals surface area contributed by atoms with E-state index in [1.165, 1.54) is 12.0 Å². The van der Waals surface area contributed by atoms with Crippen LogP contribution in [0.2, 0.25) is 0 Å². The predicted molar refractivity (Wildman–Crippen MR) is 115 cm³/mol. The summed E-state index contributed by atoms with van der Waals surface area (Å²) >= 11 is 0. The van der Waals surface area contributed by atoms with Crippen molar-refractivity contribution < 1.29 is 24.3 Å². The monoisotopic (exact) mass is 409 g/mol. The summed E-state index contributed by atoms with van der Waals surface area (Å²) in [5, 5.41) is 11.1. The number of methoxy groups -OCH3 is 1. The highest BCUT2D eigenvalue weighted by molar-refractivity contribution is 6.46. The molecule has 2 aromatic rings. The van der Waals surface area contributed by atoms with Crippen molar-refractivity contribution in [3.63, 3.8) is 0 Å². The van der Waals surface area contributed by atoms with Crippen LogP contribution in [-0.2, 0) is 9.59 Å². The number of aryl methyl sites for hydroxylation is 1. The number of aliphatic hydroxyl groups excluding tert-OH is 1. The number of ketones is 1. The molecule has 158 valence electrons. The smallest absolute Gasteiger partial charge is 0.295 e. The van der Waals surface area contributed by atoms with Crippen molar-refractivity contribution >= 4 is 17.4 Å². The molecule has 3 rings (SSSR count). The fourth-order valence-corrected chi connectivity index (χ4v) is 3.73. The Morgan fingerprint density at radius 1 is 1.13 bits per heavy atom. The molecule has 0 saturated carbocycles. The number of hydrogen-bond donors (Lipinski definition) is 2. The molecule has 0 bridgehead atoms. The van der Waals surface area contributed by atoms with Crippen molar-refractivity contribution in [2.75, 3.05) is 34.3 Å². The molecule has 6 heteroatoms. The third kappa shape index (κ3) is 4.39. The molecule has 1 aliphatic heterocycles. The SMILES string of the molecule is COc1cccc(C(O)=C2C(=O)C(=O)N(CCC[NH+](C)C)[C@H]2c2ccc(C)cc2)c1. The van der Waals surface area contributed by atoms with Gasteiger partial charge in [-0.15, -0.1) is 0 Å². The summed E-state index contributed by atoms with van der Waals surface area (Å²) < 4.78 is 5.24. The second-order valence-electron chi connectivity index (χ2n) is 7.95. The molecule has 6 nitrogen and oxygen atoms in total. The Hall–Kier alpha value is -3.12. The van der Waals surface area contributed by atoms with Crippen molar-refractivity contribution in [1.29, 1.82) is 0 Å². The van der Waals surface area contributed by atoms with Crippen molar-refractivity contribution in [1.82, 2.24) is 4.90 Å². The fraction of sp³-hybridized carbons (Fsp3) is 0.333. The normalized spacial score (nSPS) is 18.3. The zero-order chi connectivity index (χ0) is 21.8. The largest absolute Gasteiger partial charge is 0.507 e. The van der Waals surface area contributed by atoms with E-state index in [1.54, 1.807) is 29.2 Å². The molecular formula is C24H29N2O4+. The Balaban J connectivity index is 2.09. The van der Waals surface area contributed by atoms with Gasteiger partial charge in [0.25, 0.3) is 11.7 Å². The number of nitrogens with zero attached hydrogens (tertiary/aromatic N) is 1. The van der Waals surface area contributed by atoms with Crippen LogP contribution in [0.25, 0.3) is 5.76 Å². The van der Waals surface area contributed by atoms with E-state index in [0.29, 0.717) is 17.9 Å². The quantitative estimate of drug-likeness (QED) is 0.417. The lowest BCUT2D eigenvalue weighted by atomic mass is 9.94. The molecule has 1 aliphatic rings. The first-order valence-electron chi connectivity index (χ1n) is 10.1. The number of carbonyl (C=O) groups excluding carboxylic acids is 2. The standard InChI is InChI=1S/C24H28N2O4/c1-16-9-11-17(12-10-16)21-20(22(27)18-7-5-8-19(15-18)30-4)23(28)24(29)26(21)14-6-13-25(2)3/h5,7-12,15,21,27H,6,13-14H2,1-4H3/p+1/t21-/m0/s1. The lowest BCUT2D eigenvalue weighted by Crippen LogP contribution is -3.05. The van der Waals surface area contributed by atoms with Crippen LogP contribution >= 0.6 is 0 Å². The van der Waals surface area contributed by atoms with Crippen molar-refractivity contribution in [2.45, 2.75) is 19.4 Å². The molecule has 1 heterocycles. The number of benzene rings is 2. The summed E-state index contributed by atoms with van der Waals surface area (Å²) in [6.45, 7) is 3.31. The van der Waals surface area contributed by atoms with Crippen LogP contribution in [0.1, 0.15) is 29.2 Å². The van der Waals surface area contributed by atoms with Gasteiger partial charge in [0, 0.05) is 18.5 Å². The van der Waals surface area contributed by atoms with Crippen LogP contribution in [0, 0.1) is 6.92 Å². The second kappa shape index (κ2) is 9.13. The first-order chi connectivity index (χ1) is 14.3.